The summed E-state index contributed by atoms with van der Waals surface area (Å²) < 4.78 is 13.1. The van der Waals surface area contributed by atoms with Gasteiger partial charge >= 0.3 is 0 Å². The van der Waals surface area contributed by atoms with E-state index in [4.69, 9.17) is 9.15 Å². The van der Waals surface area contributed by atoms with E-state index in [0.29, 0.717) is 17.5 Å². The Morgan fingerprint density at radius 1 is 1.00 bits per heavy atom. The molecule has 0 radical (unpaired) electrons. The Kier molecular flexibility index (Phi) is 3.91. The Morgan fingerprint density at radius 2 is 1.80 bits per heavy atom. The van der Waals surface area contributed by atoms with Crippen LogP contribution < -0.4 is 4.74 Å². The molecule has 4 aromatic rings. The van der Waals surface area contributed by atoms with Crippen LogP contribution in [0.4, 0.5) is 0 Å². The van der Waals surface area contributed by atoms with Gasteiger partial charge in [0.05, 0.1) is 5.69 Å². The van der Waals surface area contributed by atoms with Gasteiger partial charge in [0.15, 0.2) is 6.10 Å². The molecule has 0 aliphatic carbocycles. The predicted molar refractivity (Wildman–Crippen MR) is 87.9 cm³/mol. The number of nitrogens with zero attached hydrogens (tertiary/aromatic N) is 6. The highest BCUT2D eigenvalue weighted by atomic mass is 16.5. The second-order valence-corrected chi connectivity index (χ2v) is 5.32. The number of tetrazole rings is 1. The highest BCUT2D eigenvalue weighted by Gasteiger charge is 2.16. The molecule has 2 aromatic heterocycles. The lowest BCUT2D eigenvalue weighted by Gasteiger charge is -2.11. The number of benzene rings is 2. The van der Waals surface area contributed by atoms with E-state index in [1.165, 1.54) is 6.33 Å². The lowest BCUT2D eigenvalue weighted by atomic mass is 10.2. The molecule has 124 valence electrons. The van der Waals surface area contributed by atoms with E-state index in [2.05, 4.69) is 25.7 Å². The molecule has 8 nitrogen and oxygen atoms in total. The summed E-state index contributed by atoms with van der Waals surface area (Å²) in [4.78, 5) is 0. The van der Waals surface area contributed by atoms with Gasteiger partial charge in [-0.05, 0) is 53.7 Å². The van der Waals surface area contributed by atoms with Crippen molar-refractivity contribution in [1.82, 2.24) is 30.4 Å². The maximum atomic E-state index is 5.86. The molecule has 0 amide bonds. The van der Waals surface area contributed by atoms with Gasteiger partial charge in [-0.3, -0.25) is 0 Å². The summed E-state index contributed by atoms with van der Waals surface area (Å²) in [7, 11) is 0. The van der Waals surface area contributed by atoms with Gasteiger partial charge in [0.2, 0.25) is 5.89 Å². The van der Waals surface area contributed by atoms with Crippen molar-refractivity contribution in [3.8, 4) is 22.9 Å². The fraction of sp³-hybridized carbons (Fsp3) is 0.118. The minimum atomic E-state index is -0.371. The van der Waals surface area contributed by atoms with Gasteiger partial charge in [0.1, 0.15) is 12.1 Å². The maximum Gasteiger partial charge on any atom is 0.257 e. The van der Waals surface area contributed by atoms with Gasteiger partial charge in [0.25, 0.3) is 5.89 Å². The molecule has 0 saturated carbocycles. The lowest BCUT2D eigenvalue weighted by molar-refractivity contribution is 0.189. The fourth-order valence-electron chi connectivity index (χ4n) is 2.31. The van der Waals surface area contributed by atoms with Crippen LogP contribution in [0.25, 0.3) is 17.1 Å². The first-order valence-electron chi connectivity index (χ1n) is 7.68. The summed E-state index contributed by atoms with van der Waals surface area (Å²) in [6.07, 6.45) is 1.16. The van der Waals surface area contributed by atoms with Gasteiger partial charge in [-0.25, -0.2) is 4.68 Å². The van der Waals surface area contributed by atoms with E-state index in [9.17, 15) is 0 Å². The van der Waals surface area contributed by atoms with Crippen molar-refractivity contribution in [2.45, 2.75) is 13.0 Å². The third-order valence-corrected chi connectivity index (χ3v) is 3.57. The Morgan fingerprint density at radius 3 is 2.52 bits per heavy atom. The quantitative estimate of drug-likeness (QED) is 0.554. The topological polar surface area (TPSA) is 91.8 Å². The summed E-state index contributed by atoms with van der Waals surface area (Å²) in [6.45, 7) is 1.86. The Bertz CT molecular complexity index is 935. The van der Waals surface area contributed by atoms with E-state index in [1.54, 1.807) is 4.68 Å². The molecule has 0 aliphatic rings. The van der Waals surface area contributed by atoms with Gasteiger partial charge in [-0.15, -0.1) is 15.3 Å². The highest BCUT2D eigenvalue weighted by Crippen LogP contribution is 2.24. The average Bonchev–Trinajstić information content (AvgIpc) is 3.35. The highest BCUT2D eigenvalue weighted by molar-refractivity contribution is 5.51. The van der Waals surface area contributed by atoms with Crippen LogP contribution in [0, 0.1) is 0 Å². The summed E-state index contributed by atoms with van der Waals surface area (Å²) >= 11 is 0. The fourth-order valence-corrected chi connectivity index (χ4v) is 2.31. The number of hydrogen-bond donors (Lipinski definition) is 0. The van der Waals surface area contributed by atoms with E-state index in [1.807, 2.05) is 61.5 Å². The minimum Gasteiger partial charge on any atom is -0.481 e. The first-order chi connectivity index (χ1) is 12.3. The van der Waals surface area contributed by atoms with Crippen molar-refractivity contribution in [2.24, 2.45) is 0 Å². The SMILES string of the molecule is C[C@H](Oc1ccc(-n2cnnn2)cc1)c1nnc(-c2ccccc2)o1. The molecule has 1 atom stereocenters. The number of hydrogen-bond acceptors (Lipinski definition) is 7. The lowest BCUT2D eigenvalue weighted by Crippen LogP contribution is -2.04. The maximum absolute atomic E-state index is 5.86. The molecule has 0 N–H and O–H groups in total. The first kappa shape index (κ1) is 15.0. The molecule has 8 heteroatoms. The van der Waals surface area contributed by atoms with E-state index < -0.39 is 0 Å². The number of aromatic nitrogens is 6. The monoisotopic (exact) mass is 334 g/mol. The molecule has 4 rings (SSSR count). The van der Waals surface area contributed by atoms with Crippen molar-refractivity contribution in [3.63, 3.8) is 0 Å². The number of ether oxygens (including phenoxy) is 1. The zero-order valence-corrected chi connectivity index (χ0v) is 13.4. The number of rotatable bonds is 5. The average molecular weight is 334 g/mol. The predicted octanol–water partition coefficient (Wildman–Crippen LogP) is 2.85. The Hall–Kier alpha value is -3.55. The smallest absolute Gasteiger partial charge is 0.257 e. The second-order valence-electron chi connectivity index (χ2n) is 5.32. The molecular formula is C17H14N6O2. The Labute approximate surface area is 143 Å². The zero-order valence-electron chi connectivity index (χ0n) is 13.4. The van der Waals surface area contributed by atoms with Crippen molar-refractivity contribution >= 4 is 0 Å². The molecule has 0 aliphatic heterocycles. The summed E-state index contributed by atoms with van der Waals surface area (Å²) in [6, 6.07) is 17.0. The van der Waals surface area contributed by atoms with Crippen LogP contribution in [-0.2, 0) is 0 Å². The van der Waals surface area contributed by atoms with Crippen LogP contribution >= 0.6 is 0 Å². The second kappa shape index (κ2) is 6.52. The third kappa shape index (κ3) is 3.23. The van der Waals surface area contributed by atoms with Crippen LogP contribution in [0.3, 0.4) is 0 Å². The molecule has 0 saturated heterocycles. The standard InChI is InChI=1S/C17H14N6O2/c1-12(16-19-20-17(25-16)13-5-3-2-4-6-13)24-15-9-7-14(8-10-15)23-11-18-21-22-23/h2-12H,1H3/t12-/m0/s1. The van der Waals surface area contributed by atoms with E-state index in [-0.39, 0.29) is 6.10 Å². The van der Waals surface area contributed by atoms with Crippen molar-refractivity contribution in [1.29, 1.82) is 0 Å². The summed E-state index contributed by atoms with van der Waals surface area (Å²) in [5, 5.41) is 19.2. The molecule has 2 aromatic carbocycles. The van der Waals surface area contributed by atoms with Crippen LogP contribution in [0.15, 0.2) is 65.3 Å². The van der Waals surface area contributed by atoms with E-state index >= 15 is 0 Å². The minimum absolute atomic E-state index is 0.371. The molecule has 0 unspecified atom stereocenters. The van der Waals surface area contributed by atoms with Gasteiger partial charge < -0.3 is 9.15 Å². The Balaban J connectivity index is 1.47. The third-order valence-electron chi connectivity index (χ3n) is 3.57. The van der Waals surface area contributed by atoms with Gasteiger partial charge in [-0.1, -0.05) is 18.2 Å². The summed E-state index contributed by atoms with van der Waals surface area (Å²) in [5.41, 5.74) is 1.72. The molecule has 0 fully saturated rings. The van der Waals surface area contributed by atoms with Gasteiger partial charge in [-0.2, -0.15) is 0 Å². The summed E-state index contributed by atoms with van der Waals surface area (Å²) in [5.74, 6) is 1.58. The normalized spacial score (nSPS) is 12.0. The molecule has 25 heavy (non-hydrogen) atoms. The van der Waals surface area contributed by atoms with Gasteiger partial charge in [0, 0.05) is 5.56 Å². The van der Waals surface area contributed by atoms with Crippen LogP contribution in [0.2, 0.25) is 0 Å². The van der Waals surface area contributed by atoms with Crippen LogP contribution in [0.1, 0.15) is 18.9 Å². The molecular weight excluding hydrogens is 320 g/mol. The molecule has 2 heterocycles. The van der Waals surface area contributed by atoms with Crippen molar-refractivity contribution < 1.29 is 9.15 Å². The first-order valence-corrected chi connectivity index (χ1v) is 7.68. The van der Waals surface area contributed by atoms with Crippen LogP contribution in [0.5, 0.6) is 5.75 Å². The zero-order chi connectivity index (χ0) is 17.1. The molecule has 0 bridgehead atoms. The van der Waals surface area contributed by atoms with E-state index in [0.717, 1.165) is 11.3 Å². The van der Waals surface area contributed by atoms with Crippen molar-refractivity contribution in [3.05, 3.63) is 66.8 Å². The van der Waals surface area contributed by atoms with Crippen LogP contribution in [-0.4, -0.2) is 30.4 Å². The molecule has 0 spiro atoms. The van der Waals surface area contributed by atoms with Crippen molar-refractivity contribution in [2.75, 3.05) is 0 Å². The largest absolute Gasteiger partial charge is 0.481 e.